The fraction of sp³-hybridized carbons (Fsp3) is 0.263. The molecule has 3 N–H and O–H groups in total. The van der Waals surface area contributed by atoms with Crippen molar-refractivity contribution in [2.24, 2.45) is 0 Å². The van der Waals surface area contributed by atoms with Crippen molar-refractivity contribution in [2.75, 3.05) is 25.5 Å². The molecule has 0 unspecified atom stereocenters. The predicted octanol–water partition coefficient (Wildman–Crippen LogP) is 2.30. The van der Waals surface area contributed by atoms with Crippen molar-refractivity contribution in [1.82, 2.24) is 25.1 Å². The van der Waals surface area contributed by atoms with E-state index in [0.717, 1.165) is 31.5 Å². The molecule has 1 aromatic carbocycles. The van der Waals surface area contributed by atoms with E-state index in [0.29, 0.717) is 22.8 Å². The summed E-state index contributed by atoms with van der Waals surface area (Å²) in [6, 6.07) is 8.91. The third-order valence-corrected chi connectivity index (χ3v) is 4.64. The second-order valence-electron chi connectivity index (χ2n) is 6.46. The van der Waals surface area contributed by atoms with Crippen LogP contribution in [0.2, 0.25) is 0 Å². The molecule has 3 heterocycles. The summed E-state index contributed by atoms with van der Waals surface area (Å²) in [6.07, 6.45) is 3.53. The Labute approximate surface area is 161 Å². The Kier molecular flexibility index (Phi) is 4.79. The molecule has 4 rings (SSSR count). The molecule has 0 saturated carbocycles. The van der Waals surface area contributed by atoms with Gasteiger partial charge in [-0.25, -0.2) is 0 Å². The summed E-state index contributed by atoms with van der Waals surface area (Å²) in [7, 11) is 1.57. The SMILES string of the molecule is COc1ccccc1-c1nc(NC(=O)c2c[nH]c(C(=O)N3CCCC3)c2)n[nH]1. The summed E-state index contributed by atoms with van der Waals surface area (Å²) in [5.74, 6) is 0.772. The largest absolute Gasteiger partial charge is 0.496 e. The van der Waals surface area contributed by atoms with Gasteiger partial charge in [-0.05, 0) is 31.0 Å². The van der Waals surface area contributed by atoms with Gasteiger partial charge in [0.1, 0.15) is 11.4 Å². The first-order chi connectivity index (χ1) is 13.7. The van der Waals surface area contributed by atoms with E-state index in [9.17, 15) is 9.59 Å². The number of benzene rings is 1. The van der Waals surface area contributed by atoms with Gasteiger partial charge in [-0.3, -0.25) is 20.0 Å². The number of methoxy groups -OCH3 is 1. The number of rotatable bonds is 5. The summed E-state index contributed by atoms with van der Waals surface area (Å²) in [5, 5.41) is 9.45. The number of aromatic amines is 2. The summed E-state index contributed by atoms with van der Waals surface area (Å²) in [6.45, 7) is 1.50. The number of para-hydroxylation sites is 1. The summed E-state index contributed by atoms with van der Waals surface area (Å²) in [5.41, 5.74) is 1.47. The normalized spacial score (nSPS) is 13.5. The van der Waals surface area contributed by atoms with Crippen LogP contribution in [0.5, 0.6) is 5.75 Å². The molecule has 9 heteroatoms. The van der Waals surface area contributed by atoms with E-state index in [4.69, 9.17) is 4.74 Å². The van der Waals surface area contributed by atoms with Crippen molar-refractivity contribution in [3.8, 4) is 17.1 Å². The smallest absolute Gasteiger partial charge is 0.270 e. The topological polar surface area (TPSA) is 116 Å². The second kappa shape index (κ2) is 7.55. The van der Waals surface area contributed by atoms with Gasteiger partial charge in [0, 0.05) is 19.3 Å². The number of hydrogen-bond donors (Lipinski definition) is 3. The zero-order valence-electron chi connectivity index (χ0n) is 15.4. The van der Waals surface area contributed by atoms with Gasteiger partial charge < -0.3 is 14.6 Å². The van der Waals surface area contributed by atoms with Crippen molar-refractivity contribution in [2.45, 2.75) is 12.8 Å². The van der Waals surface area contributed by atoms with Crippen LogP contribution < -0.4 is 10.1 Å². The minimum absolute atomic E-state index is 0.0899. The Morgan fingerprint density at radius 2 is 2.00 bits per heavy atom. The monoisotopic (exact) mass is 380 g/mol. The van der Waals surface area contributed by atoms with Crippen LogP contribution in [0.25, 0.3) is 11.4 Å². The first-order valence-electron chi connectivity index (χ1n) is 9.00. The average Bonchev–Trinajstić information content (AvgIpc) is 3.48. The molecule has 9 nitrogen and oxygen atoms in total. The maximum atomic E-state index is 12.5. The van der Waals surface area contributed by atoms with Crippen LogP contribution in [0.4, 0.5) is 5.95 Å². The Hall–Kier alpha value is -3.62. The molecule has 1 aliphatic heterocycles. The zero-order valence-corrected chi connectivity index (χ0v) is 15.4. The van der Waals surface area contributed by atoms with Crippen LogP contribution in [0.3, 0.4) is 0 Å². The molecule has 0 spiro atoms. The van der Waals surface area contributed by atoms with E-state index >= 15 is 0 Å². The lowest BCUT2D eigenvalue weighted by Crippen LogP contribution is -2.27. The van der Waals surface area contributed by atoms with Crippen molar-refractivity contribution >= 4 is 17.8 Å². The molecule has 144 valence electrons. The predicted molar refractivity (Wildman–Crippen MR) is 102 cm³/mol. The fourth-order valence-electron chi connectivity index (χ4n) is 3.19. The first-order valence-corrected chi connectivity index (χ1v) is 9.00. The summed E-state index contributed by atoms with van der Waals surface area (Å²) in [4.78, 5) is 33.8. The quantitative estimate of drug-likeness (QED) is 0.628. The lowest BCUT2D eigenvalue weighted by atomic mass is 10.2. The molecule has 3 aromatic rings. The third-order valence-electron chi connectivity index (χ3n) is 4.64. The number of anilines is 1. The summed E-state index contributed by atoms with van der Waals surface area (Å²) >= 11 is 0. The van der Waals surface area contributed by atoms with Gasteiger partial charge in [0.2, 0.25) is 5.95 Å². The minimum atomic E-state index is -0.401. The highest BCUT2D eigenvalue weighted by Gasteiger charge is 2.22. The van der Waals surface area contributed by atoms with E-state index in [-0.39, 0.29) is 11.9 Å². The molecule has 0 aliphatic carbocycles. The number of likely N-dealkylation sites (tertiary alicyclic amines) is 1. The Morgan fingerprint density at radius 1 is 1.21 bits per heavy atom. The highest BCUT2D eigenvalue weighted by molar-refractivity contribution is 6.05. The number of ether oxygens (including phenoxy) is 1. The maximum absolute atomic E-state index is 12.5. The number of carbonyl (C=O) groups excluding carboxylic acids is 2. The lowest BCUT2D eigenvalue weighted by molar-refractivity contribution is 0.0787. The van der Waals surface area contributed by atoms with Gasteiger partial charge in [-0.1, -0.05) is 12.1 Å². The molecule has 0 radical (unpaired) electrons. The number of amides is 2. The average molecular weight is 380 g/mol. The van der Waals surface area contributed by atoms with Gasteiger partial charge in [0.25, 0.3) is 11.8 Å². The third kappa shape index (κ3) is 3.46. The molecular weight excluding hydrogens is 360 g/mol. The van der Waals surface area contributed by atoms with Crippen molar-refractivity contribution in [3.05, 3.63) is 47.8 Å². The highest BCUT2D eigenvalue weighted by Crippen LogP contribution is 2.27. The molecule has 0 atom stereocenters. The minimum Gasteiger partial charge on any atom is -0.496 e. The Balaban J connectivity index is 1.46. The summed E-state index contributed by atoms with van der Waals surface area (Å²) < 4.78 is 5.31. The fourth-order valence-corrected chi connectivity index (χ4v) is 3.19. The van der Waals surface area contributed by atoms with Gasteiger partial charge in [-0.15, -0.1) is 5.10 Å². The zero-order chi connectivity index (χ0) is 19.5. The second-order valence-corrected chi connectivity index (χ2v) is 6.46. The molecule has 2 amide bonds. The number of nitrogens with zero attached hydrogens (tertiary/aromatic N) is 3. The van der Waals surface area contributed by atoms with Crippen LogP contribution in [0, 0.1) is 0 Å². The number of nitrogens with one attached hydrogen (secondary N) is 3. The van der Waals surface area contributed by atoms with Crippen LogP contribution in [0.1, 0.15) is 33.7 Å². The molecule has 0 bridgehead atoms. The number of carbonyl (C=O) groups is 2. The maximum Gasteiger partial charge on any atom is 0.270 e. The van der Waals surface area contributed by atoms with Gasteiger partial charge >= 0.3 is 0 Å². The molecule has 1 saturated heterocycles. The molecule has 2 aromatic heterocycles. The Morgan fingerprint density at radius 3 is 2.79 bits per heavy atom. The number of H-pyrrole nitrogens is 2. The number of hydrogen-bond acceptors (Lipinski definition) is 5. The standard InChI is InChI=1S/C19H20N6O3/c1-28-15-7-3-2-6-13(15)16-21-19(24-23-16)22-17(26)12-10-14(20-11-12)18(27)25-8-4-5-9-25/h2-3,6-7,10-11,20H,4-5,8-9H2,1H3,(H2,21,22,23,24,26). The van der Waals surface area contributed by atoms with E-state index in [1.54, 1.807) is 18.1 Å². The van der Waals surface area contributed by atoms with E-state index in [1.807, 2.05) is 24.3 Å². The van der Waals surface area contributed by atoms with Crippen LogP contribution in [0.15, 0.2) is 36.5 Å². The first kappa shape index (κ1) is 17.8. The molecule has 1 fully saturated rings. The molecular formula is C19H20N6O3. The van der Waals surface area contributed by atoms with Crippen molar-refractivity contribution < 1.29 is 14.3 Å². The van der Waals surface area contributed by atoms with E-state index in [2.05, 4.69) is 25.5 Å². The van der Waals surface area contributed by atoms with Crippen LogP contribution >= 0.6 is 0 Å². The van der Waals surface area contributed by atoms with Crippen molar-refractivity contribution in [1.29, 1.82) is 0 Å². The van der Waals surface area contributed by atoms with Crippen LogP contribution in [-0.2, 0) is 0 Å². The van der Waals surface area contributed by atoms with Gasteiger partial charge in [-0.2, -0.15) is 4.98 Å². The highest BCUT2D eigenvalue weighted by atomic mass is 16.5. The van der Waals surface area contributed by atoms with Crippen LogP contribution in [-0.4, -0.2) is 57.1 Å². The number of aromatic nitrogens is 4. The lowest BCUT2D eigenvalue weighted by Gasteiger charge is -2.13. The van der Waals surface area contributed by atoms with Gasteiger partial charge in [0.05, 0.1) is 18.2 Å². The van der Waals surface area contributed by atoms with Gasteiger partial charge in [0.15, 0.2) is 5.82 Å². The van der Waals surface area contributed by atoms with E-state index < -0.39 is 5.91 Å². The van der Waals surface area contributed by atoms with Crippen molar-refractivity contribution in [3.63, 3.8) is 0 Å². The Bertz CT molecular complexity index is 1000. The molecule has 28 heavy (non-hydrogen) atoms. The molecule has 1 aliphatic rings. The van der Waals surface area contributed by atoms with E-state index in [1.165, 1.54) is 6.20 Å².